The summed E-state index contributed by atoms with van der Waals surface area (Å²) in [6.07, 6.45) is 7.02. The molecule has 7 heteroatoms. The number of hydrogen-bond donors (Lipinski definition) is 2. The van der Waals surface area contributed by atoms with Crippen LogP contribution in [-0.2, 0) is 14.3 Å². The fourth-order valence-electron chi connectivity index (χ4n) is 4.14. The van der Waals surface area contributed by atoms with E-state index >= 15 is 0 Å². The van der Waals surface area contributed by atoms with Gasteiger partial charge in [-0.1, -0.05) is 96.6 Å². The summed E-state index contributed by atoms with van der Waals surface area (Å²) in [5.74, 6) is -0.584. The second kappa shape index (κ2) is 17.0. The quantitative estimate of drug-likeness (QED) is 0.249. The molecular weight excluding hydrogens is 466 g/mol. The van der Waals surface area contributed by atoms with Crippen LogP contribution in [0.25, 0.3) is 0 Å². The summed E-state index contributed by atoms with van der Waals surface area (Å²) in [6.45, 7) is 14.5. The van der Waals surface area contributed by atoms with Gasteiger partial charge in [0.15, 0.2) is 0 Å². The molecule has 1 aromatic carbocycles. The molecule has 7 nitrogen and oxygen atoms in total. The molecule has 0 bridgehead atoms. The fraction of sp³-hybridized carbons (Fsp3) is 0.700. The molecule has 0 saturated heterocycles. The number of alkyl carbamates (subject to hydrolysis) is 1. The molecule has 1 rings (SSSR count). The predicted molar refractivity (Wildman–Crippen MR) is 150 cm³/mol. The van der Waals surface area contributed by atoms with Crippen LogP contribution in [0.3, 0.4) is 0 Å². The zero-order chi connectivity index (χ0) is 27.8. The van der Waals surface area contributed by atoms with Gasteiger partial charge in [0, 0.05) is 13.1 Å². The minimum atomic E-state index is -0.801. The minimum Gasteiger partial charge on any atom is -0.444 e. The first-order valence-corrected chi connectivity index (χ1v) is 14.2. The van der Waals surface area contributed by atoms with Crippen LogP contribution in [0.15, 0.2) is 30.3 Å². The lowest BCUT2D eigenvalue weighted by Crippen LogP contribution is -2.55. The second-order valence-electron chi connectivity index (χ2n) is 10.9. The van der Waals surface area contributed by atoms with Gasteiger partial charge in [-0.3, -0.25) is 9.59 Å². The van der Waals surface area contributed by atoms with E-state index in [1.165, 1.54) is 0 Å². The molecule has 3 atom stereocenters. The van der Waals surface area contributed by atoms with Crippen LogP contribution in [0.5, 0.6) is 0 Å². The van der Waals surface area contributed by atoms with Gasteiger partial charge < -0.3 is 20.3 Å². The number of carbonyl (C=O) groups excluding carboxylic acids is 3. The summed E-state index contributed by atoms with van der Waals surface area (Å²) >= 11 is 0. The van der Waals surface area contributed by atoms with Gasteiger partial charge >= 0.3 is 6.09 Å². The van der Waals surface area contributed by atoms with E-state index in [0.29, 0.717) is 19.5 Å². The van der Waals surface area contributed by atoms with Crippen molar-refractivity contribution in [2.75, 3.05) is 13.1 Å². The van der Waals surface area contributed by atoms with Crippen LogP contribution in [0, 0.1) is 5.92 Å². The Bertz CT molecular complexity index is 807. The zero-order valence-electron chi connectivity index (χ0n) is 24.3. The number of nitrogens with one attached hydrogen (secondary N) is 2. The molecule has 0 aliphatic carbocycles. The molecule has 0 aromatic heterocycles. The monoisotopic (exact) mass is 517 g/mol. The third-order valence-electron chi connectivity index (χ3n) is 6.44. The molecule has 0 saturated carbocycles. The van der Waals surface area contributed by atoms with Crippen LogP contribution >= 0.6 is 0 Å². The van der Waals surface area contributed by atoms with Crippen LogP contribution in [-0.4, -0.2) is 47.5 Å². The average Bonchev–Trinajstić information content (AvgIpc) is 2.85. The van der Waals surface area contributed by atoms with E-state index in [4.69, 9.17) is 4.74 Å². The van der Waals surface area contributed by atoms with Gasteiger partial charge in [0.1, 0.15) is 17.7 Å². The Hall–Kier alpha value is -2.57. The number of hydrogen-bond acceptors (Lipinski definition) is 4. The van der Waals surface area contributed by atoms with E-state index in [1.54, 1.807) is 25.7 Å². The van der Waals surface area contributed by atoms with Crippen molar-refractivity contribution in [3.05, 3.63) is 35.9 Å². The number of nitrogens with zero attached hydrogens (tertiary/aromatic N) is 1. The van der Waals surface area contributed by atoms with Crippen molar-refractivity contribution in [2.45, 2.75) is 118 Å². The molecule has 0 heterocycles. The van der Waals surface area contributed by atoms with E-state index in [9.17, 15) is 14.4 Å². The Morgan fingerprint density at radius 1 is 0.919 bits per heavy atom. The number of benzene rings is 1. The van der Waals surface area contributed by atoms with Gasteiger partial charge in [-0.2, -0.15) is 0 Å². The molecule has 0 radical (unpaired) electrons. The number of carbonyl (C=O) groups is 3. The average molecular weight is 518 g/mol. The second-order valence-corrected chi connectivity index (χ2v) is 10.9. The van der Waals surface area contributed by atoms with Crippen molar-refractivity contribution in [3.63, 3.8) is 0 Å². The maximum atomic E-state index is 14.2. The Kier molecular flexibility index (Phi) is 14.9. The van der Waals surface area contributed by atoms with E-state index in [1.807, 2.05) is 44.2 Å². The van der Waals surface area contributed by atoms with Crippen molar-refractivity contribution in [1.29, 1.82) is 0 Å². The summed E-state index contributed by atoms with van der Waals surface area (Å²) in [7, 11) is 0. The van der Waals surface area contributed by atoms with Gasteiger partial charge in [-0.25, -0.2) is 4.79 Å². The van der Waals surface area contributed by atoms with Crippen LogP contribution in [0.2, 0.25) is 0 Å². The molecular formula is C30H51N3O4. The van der Waals surface area contributed by atoms with E-state index in [2.05, 4.69) is 24.5 Å². The van der Waals surface area contributed by atoms with Crippen LogP contribution < -0.4 is 10.6 Å². The van der Waals surface area contributed by atoms with Gasteiger partial charge in [0.05, 0.1) is 0 Å². The molecule has 3 amide bonds. The smallest absolute Gasteiger partial charge is 0.408 e. The SMILES string of the molecule is CCCCCCCN(C(=O)C(NC(=O)OC(C)(C)C)C(C)CC)C(C(=O)NCCCC)c1ccccc1. The maximum Gasteiger partial charge on any atom is 0.408 e. The van der Waals surface area contributed by atoms with Crippen molar-refractivity contribution in [2.24, 2.45) is 5.92 Å². The highest BCUT2D eigenvalue weighted by Gasteiger charge is 2.37. The summed E-state index contributed by atoms with van der Waals surface area (Å²) in [6, 6.07) is 7.88. The third-order valence-corrected chi connectivity index (χ3v) is 6.44. The lowest BCUT2D eigenvalue weighted by atomic mass is 9.95. The van der Waals surface area contributed by atoms with Crippen molar-refractivity contribution in [3.8, 4) is 0 Å². The molecule has 2 N–H and O–H groups in total. The molecule has 0 aliphatic rings. The normalized spacial score (nSPS) is 13.8. The topological polar surface area (TPSA) is 87.7 Å². The summed E-state index contributed by atoms with van der Waals surface area (Å²) < 4.78 is 5.48. The Morgan fingerprint density at radius 3 is 2.11 bits per heavy atom. The largest absolute Gasteiger partial charge is 0.444 e. The highest BCUT2D eigenvalue weighted by molar-refractivity contribution is 5.92. The Balaban J connectivity index is 3.38. The van der Waals surface area contributed by atoms with Crippen LogP contribution in [0.1, 0.15) is 111 Å². The highest BCUT2D eigenvalue weighted by atomic mass is 16.6. The third kappa shape index (κ3) is 12.0. The molecule has 3 unspecified atom stereocenters. The minimum absolute atomic E-state index is 0.137. The summed E-state index contributed by atoms with van der Waals surface area (Å²) in [5.41, 5.74) is 0.0799. The number of rotatable bonds is 16. The fourth-order valence-corrected chi connectivity index (χ4v) is 4.14. The zero-order valence-corrected chi connectivity index (χ0v) is 24.3. The molecule has 37 heavy (non-hydrogen) atoms. The maximum absolute atomic E-state index is 14.2. The van der Waals surface area contributed by atoms with E-state index < -0.39 is 23.8 Å². The van der Waals surface area contributed by atoms with Gasteiger partial charge in [-0.15, -0.1) is 0 Å². The van der Waals surface area contributed by atoms with E-state index in [-0.39, 0.29) is 17.7 Å². The first-order valence-electron chi connectivity index (χ1n) is 14.2. The molecule has 1 aromatic rings. The molecule has 210 valence electrons. The predicted octanol–water partition coefficient (Wildman–Crippen LogP) is 6.38. The van der Waals surface area contributed by atoms with Gasteiger partial charge in [0.25, 0.3) is 0 Å². The van der Waals surface area contributed by atoms with Crippen molar-refractivity contribution in [1.82, 2.24) is 15.5 Å². The summed E-state index contributed by atoms with van der Waals surface area (Å²) in [4.78, 5) is 42.1. The molecule has 0 fully saturated rings. The first kappa shape index (κ1) is 32.5. The Morgan fingerprint density at radius 2 is 1.54 bits per heavy atom. The lowest BCUT2D eigenvalue weighted by Gasteiger charge is -2.36. The Labute approximate surface area is 225 Å². The standard InChI is InChI=1S/C30H51N3O4/c1-8-11-13-14-18-22-33(26(24-19-16-15-17-20-24)27(34)31-21-12-9-2)28(35)25(23(4)10-3)32-29(36)37-30(5,6)7/h15-17,19-20,23,25-26H,8-14,18,21-22H2,1-7H3,(H,31,34)(H,32,36). The van der Waals surface area contributed by atoms with E-state index in [0.717, 1.165) is 50.5 Å². The molecule has 0 spiro atoms. The highest BCUT2D eigenvalue weighted by Crippen LogP contribution is 2.25. The van der Waals surface area contributed by atoms with Crippen molar-refractivity contribution < 1.29 is 19.1 Å². The molecule has 0 aliphatic heterocycles. The van der Waals surface area contributed by atoms with Crippen molar-refractivity contribution >= 4 is 17.9 Å². The lowest BCUT2D eigenvalue weighted by molar-refractivity contribution is -0.143. The first-order chi connectivity index (χ1) is 17.6. The number of amides is 3. The van der Waals surface area contributed by atoms with Crippen LogP contribution in [0.4, 0.5) is 4.79 Å². The van der Waals surface area contributed by atoms with Gasteiger partial charge in [-0.05, 0) is 45.1 Å². The summed E-state index contributed by atoms with van der Waals surface area (Å²) in [5, 5.41) is 5.87. The van der Waals surface area contributed by atoms with Gasteiger partial charge in [0.2, 0.25) is 11.8 Å². The number of ether oxygens (including phenoxy) is 1. The number of unbranched alkanes of at least 4 members (excludes halogenated alkanes) is 5.